The highest BCUT2D eigenvalue weighted by molar-refractivity contribution is 5.85. The average Bonchev–Trinajstić information content (AvgIpc) is 2.97. The zero-order valence-electron chi connectivity index (χ0n) is 11.7. The third-order valence-electron chi connectivity index (χ3n) is 3.74. The van der Waals surface area contributed by atoms with E-state index in [4.69, 9.17) is 10.5 Å². The number of ether oxygens (including phenoxy) is 1. The van der Waals surface area contributed by atoms with Crippen molar-refractivity contribution in [1.29, 1.82) is 0 Å². The van der Waals surface area contributed by atoms with Crippen LogP contribution in [-0.2, 0) is 4.79 Å². The largest absolute Gasteiger partial charge is 0.492 e. The fourth-order valence-corrected chi connectivity index (χ4v) is 2.53. The second kappa shape index (κ2) is 5.97. The molecule has 1 aliphatic rings. The van der Waals surface area contributed by atoms with Crippen LogP contribution in [0.4, 0.5) is 0 Å². The van der Waals surface area contributed by atoms with E-state index in [2.05, 4.69) is 5.32 Å². The predicted molar refractivity (Wildman–Crippen MR) is 81.1 cm³/mol. The number of hydrogen-bond donors (Lipinski definition) is 2. The molecule has 108 valence electrons. The lowest BCUT2D eigenvalue weighted by atomic mass is 10.0. The standard InChI is InChI=1S/C17H18N2O2/c18-15(12-6-2-1-3-7-12)10-19-17(20)14-11-21-16-9-5-4-8-13(14)16/h1-9,14-15H,10-11,18H2,(H,19,20). The second-order valence-corrected chi connectivity index (χ2v) is 5.16. The number of para-hydroxylation sites is 1. The van der Waals surface area contributed by atoms with E-state index in [1.165, 1.54) is 0 Å². The molecule has 3 rings (SSSR count). The first-order valence-corrected chi connectivity index (χ1v) is 7.05. The van der Waals surface area contributed by atoms with Crippen molar-refractivity contribution in [3.8, 4) is 5.75 Å². The van der Waals surface area contributed by atoms with Crippen molar-refractivity contribution in [1.82, 2.24) is 5.32 Å². The molecule has 1 heterocycles. The molecule has 2 aromatic rings. The number of rotatable bonds is 4. The number of carbonyl (C=O) groups is 1. The Hall–Kier alpha value is -2.33. The zero-order valence-corrected chi connectivity index (χ0v) is 11.7. The number of carbonyl (C=O) groups excluding carboxylic acids is 1. The molecule has 2 atom stereocenters. The number of amides is 1. The summed E-state index contributed by atoms with van der Waals surface area (Å²) in [6, 6.07) is 17.2. The summed E-state index contributed by atoms with van der Waals surface area (Å²) in [6.45, 7) is 0.813. The molecule has 0 aliphatic carbocycles. The molecule has 0 saturated carbocycles. The number of benzene rings is 2. The Kier molecular flexibility index (Phi) is 3.88. The van der Waals surface area contributed by atoms with E-state index in [9.17, 15) is 4.79 Å². The van der Waals surface area contributed by atoms with Crippen LogP contribution < -0.4 is 15.8 Å². The minimum atomic E-state index is -0.246. The summed E-state index contributed by atoms with van der Waals surface area (Å²) < 4.78 is 5.53. The highest BCUT2D eigenvalue weighted by atomic mass is 16.5. The fourth-order valence-electron chi connectivity index (χ4n) is 2.53. The van der Waals surface area contributed by atoms with Gasteiger partial charge in [0.2, 0.25) is 5.91 Å². The van der Waals surface area contributed by atoms with Gasteiger partial charge in [-0.15, -0.1) is 0 Å². The molecule has 1 aliphatic heterocycles. The lowest BCUT2D eigenvalue weighted by molar-refractivity contribution is -0.122. The molecule has 0 aromatic heterocycles. The Morgan fingerprint density at radius 2 is 1.90 bits per heavy atom. The summed E-state index contributed by atoms with van der Waals surface area (Å²) in [6.07, 6.45) is 0. The Morgan fingerprint density at radius 3 is 2.71 bits per heavy atom. The van der Waals surface area contributed by atoms with Gasteiger partial charge in [-0.05, 0) is 11.6 Å². The predicted octanol–water partition coefficient (Wildman–Crippen LogP) is 1.98. The van der Waals surface area contributed by atoms with Gasteiger partial charge in [-0.25, -0.2) is 0 Å². The number of hydrogen-bond acceptors (Lipinski definition) is 3. The van der Waals surface area contributed by atoms with E-state index in [1.54, 1.807) is 0 Å². The van der Waals surface area contributed by atoms with Gasteiger partial charge in [0.25, 0.3) is 0 Å². The minimum absolute atomic E-state index is 0.0358. The fraction of sp³-hybridized carbons (Fsp3) is 0.235. The molecule has 1 amide bonds. The van der Waals surface area contributed by atoms with Gasteiger partial charge < -0.3 is 15.8 Å². The van der Waals surface area contributed by atoms with Crippen molar-refractivity contribution in [3.63, 3.8) is 0 Å². The molecule has 4 heteroatoms. The van der Waals surface area contributed by atoms with Gasteiger partial charge in [0, 0.05) is 18.2 Å². The molecule has 0 spiro atoms. The first kappa shape index (κ1) is 13.6. The van der Waals surface area contributed by atoms with E-state index >= 15 is 0 Å². The van der Waals surface area contributed by atoms with Gasteiger partial charge in [0.15, 0.2) is 0 Å². The first-order chi connectivity index (χ1) is 10.3. The van der Waals surface area contributed by atoms with Crippen LogP contribution in [0.15, 0.2) is 54.6 Å². The van der Waals surface area contributed by atoms with Crippen LogP contribution in [0.25, 0.3) is 0 Å². The minimum Gasteiger partial charge on any atom is -0.492 e. The van der Waals surface area contributed by atoms with Crippen LogP contribution in [0.5, 0.6) is 5.75 Å². The van der Waals surface area contributed by atoms with Gasteiger partial charge in [-0.2, -0.15) is 0 Å². The maximum Gasteiger partial charge on any atom is 0.231 e. The maximum atomic E-state index is 12.3. The molecule has 4 nitrogen and oxygen atoms in total. The number of nitrogens with one attached hydrogen (secondary N) is 1. The highest BCUT2D eigenvalue weighted by Crippen LogP contribution is 2.33. The summed E-state index contributed by atoms with van der Waals surface area (Å²) >= 11 is 0. The monoisotopic (exact) mass is 282 g/mol. The molecule has 0 bridgehead atoms. The summed E-state index contributed by atoms with van der Waals surface area (Å²) in [7, 11) is 0. The highest BCUT2D eigenvalue weighted by Gasteiger charge is 2.29. The van der Waals surface area contributed by atoms with Gasteiger partial charge in [0.05, 0.1) is 0 Å². The molecule has 2 aromatic carbocycles. The van der Waals surface area contributed by atoms with Gasteiger partial charge >= 0.3 is 0 Å². The van der Waals surface area contributed by atoms with Crippen LogP contribution in [0, 0.1) is 0 Å². The molecule has 0 fully saturated rings. The smallest absolute Gasteiger partial charge is 0.231 e. The number of nitrogens with two attached hydrogens (primary N) is 1. The average molecular weight is 282 g/mol. The molecule has 0 radical (unpaired) electrons. The lowest BCUT2D eigenvalue weighted by Crippen LogP contribution is -2.35. The number of fused-ring (bicyclic) bond motifs is 1. The van der Waals surface area contributed by atoms with E-state index in [0.717, 1.165) is 16.9 Å². The van der Waals surface area contributed by atoms with E-state index in [-0.39, 0.29) is 17.9 Å². The van der Waals surface area contributed by atoms with E-state index < -0.39 is 0 Å². The molecule has 3 N–H and O–H groups in total. The van der Waals surface area contributed by atoms with Crippen molar-refractivity contribution in [2.75, 3.05) is 13.2 Å². The van der Waals surface area contributed by atoms with Gasteiger partial charge in [-0.1, -0.05) is 48.5 Å². The van der Waals surface area contributed by atoms with Crippen molar-refractivity contribution < 1.29 is 9.53 Å². The molecule has 2 unspecified atom stereocenters. The Labute approximate surface area is 123 Å². The third-order valence-corrected chi connectivity index (χ3v) is 3.74. The Morgan fingerprint density at radius 1 is 1.19 bits per heavy atom. The van der Waals surface area contributed by atoms with Crippen LogP contribution in [0.2, 0.25) is 0 Å². The van der Waals surface area contributed by atoms with E-state index in [0.29, 0.717) is 13.2 Å². The first-order valence-electron chi connectivity index (χ1n) is 7.05. The Bertz CT molecular complexity index is 628. The summed E-state index contributed by atoms with van der Waals surface area (Å²) in [4.78, 5) is 12.3. The molecular weight excluding hydrogens is 264 g/mol. The summed E-state index contributed by atoms with van der Waals surface area (Å²) in [5.41, 5.74) is 8.05. The quantitative estimate of drug-likeness (QED) is 0.901. The molecule has 0 saturated heterocycles. The van der Waals surface area contributed by atoms with Crippen molar-refractivity contribution in [3.05, 3.63) is 65.7 Å². The maximum absolute atomic E-state index is 12.3. The molecule has 21 heavy (non-hydrogen) atoms. The topological polar surface area (TPSA) is 64.3 Å². The second-order valence-electron chi connectivity index (χ2n) is 5.16. The SMILES string of the molecule is NC(CNC(=O)C1COc2ccccc21)c1ccccc1. The van der Waals surface area contributed by atoms with E-state index in [1.807, 2.05) is 54.6 Å². The van der Waals surface area contributed by atoms with Crippen LogP contribution >= 0.6 is 0 Å². The Balaban J connectivity index is 1.61. The lowest BCUT2D eigenvalue weighted by Gasteiger charge is -2.15. The van der Waals surface area contributed by atoms with Gasteiger partial charge in [-0.3, -0.25) is 4.79 Å². The van der Waals surface area contributed by atoms with Gasteiger partial charge in [0.1, 0.15) is 18.3 Å². The van der Waals surface area contributed by atoms with Crippen molar-refractivity contribution in [2.24, 2.45) is 5.73 Å². The van der Waals surface area contributed by atoms with Crippen molar-refractivity contribution in [2.45, 2.75) is 12.0 Å². The van der Waals surface area contributed by atoms with Crippen molar-refractivity contribution >= 4 is 5.91 Å². The van der Waals surface area contributed by atoms with Crippen LogP contribution in [0.3, 0.4) is 0 Å². The van der Waals surface area contributed by atoms with Crippen LogP contribution in [0.1, 0.15) is 23.1 Å². The summed E-state index contributed by atoms with van der Waals surface area (Å²) in [5.74, 6) is 0.514. The summed E-state index contributed by atoms with van der Waals surface area (Å²) in [5, 5.41) is 2.92. The normalized spacial score (nSPS) is 17.7. The third kappa shape index (κ3) is 2.90. The zero-order chi connectivity index (χ0) is 14.7. The molecular formula is C17H18N2O2. The van der Waals surface area contributed by atoms with Crippen LogP contribution in [-0.4, -0.2) is 19.1 Å².